The number of rotatable bonds is 6. The quantitative estimate of drug-likeness (QED) is 0.198. The van der Waals surface area contributed by atoms with Crippen LogP contribution in [0.3, 0.4) is 0 Å². The van der Waals surface area contributed by atoms with Crippen LogP contribution in [0.1, 0.15) is 45.9 Å². The summed E-state index contributed by atoms with van der Waals surface area (Å²) in [5.74, 6) is 1.47. The maximum absolute atomic E-state index is 13.6. The van der Waals surface area contributed by atoms with Crippen LogP contribution in [0.25, 0.3) is 5.69 Å². The van der Waals surface area contributed by atoms with Crippen LogP contribution in [0.2, 0.25) is 0 Å². The number of hydrogen-bond acceptors (Lipinski definition) is 3. The monoisotopic (exact) mass is 598 g/mol. The van der Waals surface area contributed by atoms with Crippen molar-refractivity contribution in [3.63, 3.8) is 0 Å². The summed E-state index contributed by atoms with van der Waals surface area (Å²) >= 11 is 5.89. The Hall–Kier alpha value is -4.63. The van der Waals surface area contributed by atoms with E-state index < -0.39 is 11.7 Å². The molecule has 6 rings (SSSR count). The highest BCUT2D eigenvalue weighted by molar-refractivity contribution is 7.80. The summed E-state index contributed by atoms with van der Waals surface area (Å²) in [5, 5.41) is 3.98. The lowest BCUT2D eigenvalue weighted by Crippen LogP contribution is -2.29. The molecular formula is C34H29F3N4OS. The van der Waals surface area contributed by atoms with E-state index in [0.29, 0.717) is 16.5 Å². The van der Waals surface area contributed by atoms with Crippen molar-refractivity contribution in [3.8, 4) is 17.2 Å². The summed E-state index contributed by atoms with van der Waals surface area (Å²) in [4.78, 5) is 6.67. The SMILES string of the molecule is Cc1ccccc1Oc1ccc(N2C(=S)N[C@H](c3ccccn3)[C@@H]2c2cc(C)n(-c3cccc(C(F)(F)F)c3)c2C)cc1. The molecule has 5 nitrogen and oxygen atoms in total. The van der Waals surface area contributed by atoms with E-state index in [1.807, 2.05) is 103 Å². The molecule has 2 aromatic heterocycles. The Morgan fingerprint density at radius 2 is 1.58 bits per heavy atom. The number of benzene rings is 3. The van der Waals surface area contributed by atoms with Crippen molar-refractivity contribution in [3.05, 3.63) is 137 Å². The van der Waals surface area contributed by atoms with Gasteiger partial charge in [0.15, 0.2) is 5.11 Å². The van der Waals surface area contributed by atoms with Crippen molar-refractivity contribution in [1.82, 2.24) is 14.9 Å². The van der Waals surface area contributed by atoms with Crippen LogP contribution >= 0.6 is 12.2 Å². The Balaban J connectivity index is 1.42. The van der Waals surface area contributed by atoms with Crippen LogP contribution in [-0.2, 0) is 6.18 Å². The minimum Gasteiger partial charge on any atom is -0.457 e. The van der Waals surface area contributed by atoms with Gasteiger partial charge in [0.25, 0.3) is 0 Å². The van der Waals surface area contributed by atoms with Gasteiger partial charge in [-0.1, -0.05) is 30.3 Å². The molecule has 1 saturated heterocycles. The number of para-hydroxylation sites is 1. The molecule has 0 spiro atoms. The number of aryl methyl sites for hydroxylation is 2. The van der Waals surface area contributed by atoms with E-state index in [4.69, 9.17) is 17.0 Å². The molecule has 0 radical (unpaired) electrons. The summed E-state index contributed by atoms with van der Waals surface area (Å²) in [6.45, 7) is 5.82. The second kappa shape index (κ2) is 11.2. The molecule has 5 aromatic rings. The molecule has 1 fully saturated rings. The number of alkyl halides is 3. The van der Waals surface area contributed by atoms with E-state index in [1.54, 1.807) is 12.3 Å². The first kappa shape index (κ1) is 28.5. The average molecular weight is 599 g/mol. The van der Waals surface area contributed by atoms with Crippen LogP contribution in [0, 0.1) is 20.8 Å². The zero-order valence-electron chi connectivity index (χ0n) is 23.8. The fraction of sp³-hybridized carbons (Fsp3) is 0.176. The molecule has 0 saturated carbocycles. The Labute approximate surface area is 253 Å². The van der Waals surface area contributed by atoms with Gasteiger partial charge >= 0.3 is 6.18 Å². The van der Waals surface area contributed by atoms with E-state index in [-0.39, 0.29) is 12.1 Å². The molecule has 0 amide bonds. The number of hydrogen-bond donors (Lipinski definition) is 1. The number of halogens is 3. The molecule has 43 heavy (non-hydrogen) atoms. The molecule has 0 bridgehead atoms. The first-order valence-electron chi connectivity index (χ1n) is 13.8. The van der Waals surface area contributed by atoms with Gasteiger partial charge in [0.1, 0.15) is 11.5 Å². The highest BCUT2D eigenvalue weighted by Crippen LogP contribution is 2.44. The normalized spacial score (nSPS) is 16.8. The average Bonchev–Trinajstić information content (AvgIpc) is 3.49. The van der Waals surface area contributed by atoms with E-state index in [2.05, 4.69) is 10.3 Å². The first-order valence-corrected chi connectivity index (χ1v) is 14.2. The number of thiocarbonyl (C=S) groups is 1. The van der Waals surface area contributed by atoms with Gasteiger partial charge in [-0.3, -0.25) is 4.98 Å². The lowest BCUT2D eigenvalue weighted by molar-refractivity contribution is -0.137. The second-order valence-electron chi connectivity index (χ2n) is 10.6. The van der Waals surface area contributed by atoms with Crippen molar-refractivity contribution in [1.29, 1.82) is 0 Å². The van der Waals surface area contributed by atoms with E-state index >= 15 is 0 Å². The summed E-state index contributed by atoms with van der Waals surface area (Å²) in [7, 11) is 0. The largest absolute Gasteiger partial charge is 0.457 e. The minimum absolute atomic E-state index is 0.299. The van der Waals surface area contributed by atoms with Gasteiger partial charge in [0, 0.05) is 29.0 Å². The predicted octanol–water partition coefficient (Wildman–Crippen LogP) is 8.79. The fourth-order valence-electron chi connectivity index (χ4n) is 5.73. The molecule has 2 atom stereocenters. The highest BCUT2D eigenvalue weighted by atomic mass is 32.1. The number of anilines is 1. The van der Waals surface area contributed by atoms with E-state index in [9.17, 15) is 13.2 Å². The second-order valence-corrected chi connectivity index (χ2v) is 11.0. The Morgan fingerprint density at radius 1 is 0.837 bits per heavy atom. The number of nitrogens with one attached hydrogen (secondary N) is 1. The summed E-state index contributed by atoms with van der Waals surface area (Å²) in [6.07, 6.45) is -2.70. The molecular weight excluding hydrogens is 569 g/mol. The fourth-order valence-corrected chi connectivity index (χ4v) is 6.07. The van der Waals surface area contributed by atoms with Crippen molar-refractivity contribution >= 4 is 23.0 Å². The van der Waals surface area contributed by atoms with Crippen LogP contribution < -0.4 is 15.0 Å². The van der Waals surface area contributed by atoms with Gasteiger partial charge in [-0.25, -0.2) is 0 Å². The van der Waals surface area contributed by atoms with Gasteiger partial charge < -0.3 is 19.5 Å². The lowest BCUT2D eigenvalue weighted by Gasteiger charge is -2.28. The zero-order valence-corrected chi connectivity index (χ0v) is 24.6. The third-order valence-corrected chi connectivity index (χ3v) is 8.07. The zero-order chi connectivity index (χ0) is 30.3. The molecule has 3 heterocycles. The van der Waals surface area contributed by atoms with E-state index in [1.165, 1.54) is 12.1 Å². The van der Waals surface area contributed by atoms with Crippen LogP contribution in [-0.4, -0.2) is 14.7 Å². The molecule has 3 aromatic carbocycles. The minimum atomic E-state index is -4.44. The van der Waals surface area contributed by atoms with Crippen molar-refractivity contribution in [2.75, 3.05) is 4.90 Å². The molecule has 0 aliphatic carbocycles. The van der Waals surface area contributed by atoms with Gasteiger partial charge in [0.05, 0.1) is 23.3 Å². The predicted molar refractivity (Wildman–Crippen MR) is 166 cm³/mol. The summed E-state index contributed by atoms with van der Waals surface area (Å²) in [6, 6.07) is 28.1. The van der Waals surface area contributed by atoms with Gasteiger partial charge in [0.2, 0.25) is 0 Å². The number of aromatic nitrogens is 2. The van der Waals surface area contributed by atoms with Crippen molar-refractivity contribution in [2.24, 2.45) is 0 Å². The topological polar surface area (TPSA) is 42.3 Å². The molecule has 9 heteroatoms. The number of ether oxygens (including phenoxy) is 1. The van der Waals surface area contributed by atoms with Crippen molar-refractivity contribution < 1.29 is 17.9 Å². The van der Waals surface area contributed by atoms with Crippen LogP contribution in [0.4, 0.5) is 18.9 Å². The summed E-state index contributed by atoms with van der Waals surface area (Å²) in [5.41, 5.74) is 5.00. The van der Waals surface area contributed by atoms with Gasteiger partial charge in [-0.05, 0) is 111 Å². The maximum atomic E-state index is 13.6. The Bertz CT molecular complexity index is 1780. The van der Waals surface area contributed by atoms with Gasteiger partial charge in [-0.2, -0.15) is 13.2 Å². The number of nitrogens with zero attached hydrogens (tertiary/aromatic N) is 3. The molecule has 1 aliphatic heterocycles. The Kier molecular flexibility index (Phi) is 7.43. The lowest BCUT2D eigenvalue weighted by atomic mass is 9.96. The maximum Gasteiger partial charge on any atom is 0.416 e. The molecule has 218 valence electrons. The summed E-state index contributed by atoms with van der Waals surface area (Å²) < 4.78 is 48.7. The third-order valence-electron chi connectivity index (χ3n) is 7.75. The van der Waals surface area contributed by atoms with Crippen molar-refractivity contribution in [2.45, 2.75) is 39.0 Å². The van der Waals surface area contributed by atoms with E-state index in [0.717, 1.165) is 45.7 Å². The highest BCUT2D eigenvalue weighted by Gasteiger charge is 2.42. The number of pyridine rings is 1. The smallest absolute Gasteiger partial charge is 0.416 e. The Morgan fingerprint density at radius 3 is 2.28 bits per heavy atom. The third kappa shape index (κ3) is 5.48. The molecule has 0 unspecified atom stereocenters. The molecule has 1 N–H and O–H groups in total. The van der Waals surface area contributed by atoms with Crippen LogP contribution in [0.5, 0.6) is 11.5 Å². The molecule has 1 aliphatic rings. The standard InChI is InChI=1S/C34H29F3N4OS/c1-21-9-4-5-13-30(21)42-27-16-14-25(15-17-27)41-32(31(39-33(41)43)29-12-6-7-18-38-29)28-19-22(2)40(23(28)3)26-11-8-10-24(20-26)34(35,36)37/h4-20,31-32H,1-3H3,(H,39,43)/t31-,32+/m1/s1. The van der Waals surface area contributed by atoms with Crippen LogP contribution in [0.15, 0.2) is 103 Å². The van der Waals surface area contributed by atoms with Gasteiger partial charge in [-0.15, -0.1) is 0 Å². The first-order chi connectivity index (χ1) is 20.6.